The standard InChI is InChI=1S/C19H27F3N4S/c1-5-7-12-26-17(16(6-2)25(3)4)23-24-18(26)27-13-14-10-8-9-11-15(14)19(20,21)22/h8-11,16H,5-7,12-13H2,1-4H3. The molecule has 27 heavy (non-hydrogen) atoms. The molecule has 0 fully saturated rings. The molecule has 0 spiro atoms. The van der Waals surface area contributed by atoms with Crippen LogP contribution in [0.2, 0.25) is 0 Å². The van der Waals surface area contributed by atoms with Gasteiger partial charge in [0.15, 0.2) is 11.0 Å². The van der Waals surface area contributed by atoms with Gasteiger partial charge < -0.3 is 4.57 Å². The third-order valence-electron chi connectivity index (χ3n) is 4.47. The Morgan fingerprint density at radius 1 is 1.15 bits per heavy atom. The van der Waals surface area contributed by atoms with E-state index in [4.69, 9.17) is 0 Å². The highest BCUT2D eigenvalue weighted by Crippen LogP contribution is 2.35. The number of aromatic nitrogens is 3. The second-order valence-corrected chi connectivity index (χ2v) is 7.62. The summed E-state index contributed by atoms with van der Waals surface area (Å²) in [7, 11) is 4.00. The van der Waals surface area contributed by atoms with E-state index in [1.54, 1.807) is 6.07 Å². The van der Waals surface area contributed by atoms with Crippen molar-refractivity contribution in [1.82, 2.24) is 19.7 Å². The zero-order valence-corrected chi connectivity index (χ0v) is 17.1. The summed E-state index contributed by atoms with van der Waals surface area (Å²) < 4.78 is 41.7. The fraction of sp³-hybridized carbons (Fsp3) is 0.579. The number of unbranched alkanes of at least 4 members (excludes halogenated alkanes) is 1. The molecule has 150 valence electrons. The summed E-state index contributed by atoms with van der Waals surface area (Å²) >= 11 is 1.31. The third kappa shape index (κ3) is 5.48. The first-order valence-electron chi connectivity index (χ1n) is 9.17. The molecule has 0 amide bonds. The van der Waals surface area contributed by atoms with Crippen LogP contribution in [0.1, 0.15) is 56.1 Å². The summed E-state index contributed by atoms with van der Waals surface area (Å²) in [4.78, 5) is 2.10. The molecule has 1 heterocycles. The van der Waals surface area contributed by atoms with Gasteiger partial charge in [0.1, 0.15) is 0 Å². The highest BCUT2D eigenvalue weighted by Gasteiger charge is 2.33. The van der Waals surface area contributed by atoms with Gasteiger partial charge in [0, 0.05) is 12.3 Å². The molecule has 4 nitrogen and oxygen atoms in total. The Morgan fingerprint density at radius 3 is 2.44 bits per heavy atom. The van der Waals surface area contributed by atoms with Gasteiger partial charge in [-0.3, -0.25) is 4.90 Å². The molecule has 1 unspecified atom stereocenters. The van der Waals surface area contributed by atoms with Crippen LogP contribution in [-0.2, 0) is 18.5 Å². The van der Waals surface area contributed by atoms with E-state index in [9.17, 15) is 13.2 Å². The van der Waals surface area contributed by atoms with Gasteiger partial charge in [0.25, 0.3) is 0 Å². The lowest BCUT2D eigenvalue weighted by atomic mass is 10.1. The van der Waals surface area contributed by atoms with Gasteiger partial charge in [-0.15, -0.1) is 10.2 Å². The van der Waals surface area contributed by atoms with Crippen molar-refractivity contribution in [2.75, 3.05) is 14.1 Å². The van der Waals surface area contributed by atoms with E-state index in [2.05, 4.69) is 33.5 Å². The normalized spacial score (nSPS) is 13.3. The highest BCUT2D eigenvalue weighted by molar-refractivity contribution is 7.98. The van der Waals surface area contributed by atoms with Crippen molar-refractivity contribution in [2.24, 2.45) is 0 Å². The van der Waals surface area contributed by atoms with Gasteiger partial charge in [-0.05, 0) is 38.6 Å². The molecule has 1 aromatic carbocycles. The molecule has 0 aliphatic rings. The zero-order chi connectivity index (χ0) is 20.0. The Balaban J connectivity index is 2.28. The summed E-state index contributed by atoms with van der Waals surface area (Å²) in [5, 5.41) is 9.35. The van der Waals surface area contributed by atoms with E-state index in [1.807, 2.05) is 14.1 Å². The minimum atomic E-state index is -4.35. The van der Waals surface area contributed by atoms with Crippen LogP contribution in [-0.4, -0.2) is 33.8 Å². The van der Waals surface area contributed by atoms with Crippen LogP contribution in [0.3, 0.4) is 0 Å². The lowest BCUT2D eigenvalue weighted by molar-refractivity contribution is -0.138. The van der Waals surface area contributed by atoms with E-state index in [1.165, 1.54) is 23.9 Å². The Hall–Kier alpha value is -1.54. The second-order valence-electron chi connectivity index (χ2n) is 6.68. The maximum absolute atomic E-state index is 13.2. The molecule has 1 atom stereocenters. The molecular formula is C19H27F3N4S. The predicted molar refractivity (Wildman–Crippen MR) is 103 cm³/mol. The van der Waals surface area contributed by atoms with Crippen LogP contribution in [0.4, 0.5) is 13.2 Å². The van der Waals surface area contributed by atoms with Crippen molar-refractivity contribution in [3.63, 3.8) is 0 Å². The Labute approximate surface area is 163 Å². The largest absolute Gasteiger partial charge is 0.416 e. The molecule has 2 aromatic rings. The number of nitrogens with zero attached hydrogens (tertiary/aromatic N) is 4. The molecule has 0 bridgehead atoms. The molecule has 0 radical (unpaired) electrons. The number of hydrogen-bond donors (Lipinski definition) is 0. The summed E-state index contributed by atoms with van der Waals surface area (Å²) in [6.07, 6.45) is -1.46. The van der Waals surface area contributed by atoms with Crippen LogP contribution in [0.15, 0.2) is 29.4 Å². The predicted octanol–water partition coefficient (Wildman–Crippen LogP) is 5.40. The molecule has 8 heteroatoms. The van der Waals surface area contributed by atoms with Crippen molar-refractivity contribution in [2.45, 2.75) is 62.8 Å². The minimum absolute atomic E-state index is 0.131. The Kier molecular flexibility index (Phi) is 7.73. The summed E-state index contributed by atoms with van der Waals surface area (Å²) in [6, 6.07) is 5.84. The molecule has 0 saturated heterocycles. The Morgan fingerprint density at radius 2 is 1.85 bits per heavy atom. The SMILES string of the molecule is CCCCn1c(SCc2ccccc2C(F)(F)F)nnc1C(CC)N(C)C. The first-order valence-corrected chi connectivity index (χ1v) is 10.2. The van der Waals surface area contributed by atoms with Gasteiger partial charge in [0.2, 0.25) is 0 Å². The maximum atomic E-state index is 13.2. The quantitative estimate of drug-likeness (QED) is 0.528. The Bertz CT molecular complexity index is 728. The molecule has 0 aliphatic heterocycles. The monoisotopic (exact) mass is 400 g/mol. The van der Waals surface area contributed by atoms with Crippen molar-refractivity contribution in [1.29, 1.82) is 0 Å². The minimum Gasteiger partial charge on any atom is -0.305 e. The lowest BCUT2D eigenvalue weighted by Crippen LogP contribution is -2.23. The third-order valence-corrected chi connectivity index (χ3v) is 5.48. The number of benzene rings is 1. The maximum Gasteiger partial charge on any atom is 0.416 e. The molecule has 0 N–H and O–H groups in total. The van der Waals surface area contributed by atoms with E-state index in [0.717, 1.165) is 37.7 Å². The van der Waals surface area contributed by atoms with Crippen LogP contribution in [0.25, 0.3) is 0 Å². The summed E-state index contributed by atoms with van der Waals surface area (Å²) in [5.41, 5.74) is -0.321. The van der Waals surface area contributed by atoms with E-state index < -0.39 is 11.7 Å². The average Bonchev–Trinajstić information content (AvgIpc) is 3.00. The van der Waals surface area contributed by atoms with E-state index in [0.29, 0.717) is 5.16 Å². The zero-order valence-electron chi connectivity index (χ0n) is 16.3. The fourth-order valence-corrected chi connectivity index (χ4v) is 4.00. The first-order chi connectivity index (χ1) is 12.8. The van der Waals surface area contributed by atoms with Crippen molar-refractivity contribution in [3.8, 4) is 0 Å². The molecular weight excluding hydrogens is 373 g/mol. The van der Waals surface area contributed by atoms with Crippen molar-refractivity contribution < 1.29 is 13.2 Å². The topological polar surface area (TPSA) is 34.0 Å². The van der Waals surface area contributed by atoms with Gasteiger partial charge in [-0.25, -0.2) is 0 Å². The fourth-order valence-electron chi connectivity index (χ4n) is 3.02. The number of alkyl halides is 3. The van der Waals surface area contributed by atoms with Crippen molar-refractivity contribution in [3.05, 3.63) is 41.2 Å². The van der Waals surface area contributed by atoms with E-state index >= 15 is 0 Å². The van der Waals surface area contributed by atoms with Crippen molar-refractivity contribution >= 4 is 11.8 Å². The first kappa shape index (κ1) is 21.8. The van der Waals surface area contributed by atoms with Crippen LogP contribution >= 0.6 is 11.8 Å². The number of rotatable bonds is 9. The molecule has 2 rings (SSSR count). The van der Waals surface area contributed by atoms with Gasteiger partial charge in [-0.1, -0.05) is 50.2 Å². The summed E-state index contributed by atoms with van der Waals surface area (Å²) in [5.74, 6) is 1.08. The number of halogens is 3. The lowest BCUT2D eigenvalue weighted by Gasteiger charge is -2.23. The van der Waals surface area contributed by atoms with E-state index in [-0.39, 0.29) is 17.4 Å². The smallest absolute Gasteiger partial charge is 0.305 e. The average molecular weight is 401 g/mol. The highest BCUT2D eigenvalue weighted by atomic mass is 32.2. The van der Waals surface area contributed by atoms with Crippen LogP contribution in [0.5, 0.6) is 0 Å². The molecule has 1 aromatic heterocycles. The van der Waals surface area contributed by atoms with Crippen LogP contribution < -0.4 is 0 Å². The van der Waals surface area contributed by atoms with Gasteiger partial charge >= 0.3 is 6.18 Å². The molecule has 0 aliphatic carbocycles. The summed E-state index contributed by atoms with van der Waals surface area (Å²) in [6.45, 7) is 4.97. The number of thioether (sulfide) groups is 1. The molecule has 0 saturated carbocycles. The van der Waals surface area contributed by atoms with Gasteiger partial charge in [0.05, 0.1) is 11.6 Å². The van der Waals surface area contributed by atoms with Crippen LogP contribution in [0, 0.1) is 0 Å². The number of hydrogen-bond acceptors (Lipinski definition) is 4. The van der Waals surface area contributed by atoms with Gasteiger partial charge in [-0.2, -0.15) is 13.2 Å². The second kappa shape index (κ2) is 9.59.